The van der Waals surface area contributed by atoms with Gasteiger partial charge in [0.05, 0.1) is 6.04 Å². The third kappa shape index (κ3) is 4.07. The van der Waals surface area contributed by atoms with Crippen LogP contribution in [0, 0.1) is 6.92 Å². The van der Waals surface area contributed by atoms with Crippen LogP contribution in [-0.2, 0) is 6.42 Å². The number of benzene rings is 1. The molecular weight excluding hydrogens is 278 g/mol. The fourth-order valence-electron chi connectivity index (χ4n) is 2.47. The number of nitrogens with zero attached hydrogens (tertiary/aromatic N) is 2. The molecule has 1 aromatic carbocycles. The second-order valence-corrected chi connectivity index (χ2v) is 5.10. The lowest BCUT2D eigenvalue weighted by Gasteiger charge is -2.13. The zero-order valence-electron chi connectivity index (χ0n) is 13.8. The van der Waals surface area contributed by atoms with E-state index in [1.54, 1.807) is 6.92 Å². The van der Waals surface area contributed by atoms with E-state index in [-0.39, 0.29) is 12.1 Å². The Kier molecular flexibility index (Phi) is 5.95. The fourth-order valence-corrected chi connectivity index (χ4v) is 2.47. The second kappa shape index (κ2) is 7.94. The van der Waals surface area contributed by atoms with Gasteiger partial charge in [0.1, 0.15) is 11.9 Å². The molecule has 5 nitrogen and oxygen atoms in total. The molecular formula is C17H25N3O2. The molecule has 1 saturated heterocycles. The number of hydrogen-bond donors (Lipinski definition) is 1. The minimum absolute atomic E-state index is 0.0931. The number of ether oxygens (including phenoxy) is 1. The van der Waals surface area contributed by atoms with Gasteiger partial charge < -0.3 is 14.5 Å². The van der Waals surface area contributed by atoms with Crippen LogP contribution in [0.25, 0.3) is 0 Å². The van der Waals surface area contributed by atoms with Crippen LogP contribution in [0.4, 0.5) is 0 Å². The van der Waals surface area contributed by atoms with E-state index < -0.39 is 0 Å². The Bertz CT molecular complexity index is 583. The van der Waals surface area contributed by atoms with Crippen LogP contribution in [0.2, 0.25) is 0 Å². The first kappa shape index (κ1) is 16.5. The Hall–Kier alpha value is -1.88. The Morgan fingerprint density at radius 1 is 1.32 bits per heavy atom. The topological polar surface area (TPSA) is 60.2 Å². The standard InChI is InChI=1S/C15H19N3O2.C2H6/c1-3-11-5-4-6-12(7-11)20-13-8-14(16-9-13)15-18-17-10(2)19-15;1-2/h4-7,13-14,16H,3,8-9H2,1-2H3;1-2H3. The average molecular weight is 303 g/mol. The highest BCUT2D eigenvalue weighted by atomic mass is 16.5. The molecule has 22 heavy (non-hydrogen) atoms. The van der Waals surface area contributed by atoms with Crippen LogP contribution >= 0.6 is 0 Å². The fraction of sp³-hybridized carbons (Fsp3) is 0.529. The summed E-state index contributed by atoms with van der Waals surface area (Å²) in [5.74, 6) is 2.18. The molecule has 2 unspecified atom stereocenters. The minimum Gasteiger partial charge on any atom is -0.489 e. The van der Waals surface area contributed by atoms with Crippen molar-refractivity contribution < 1.29 is 9.15 Å². The van der Waals surface area contributed by atoms with Gasteiger partial charge in [-0.3, -0.25) is 0 Å². The van der Waals surface area contributed by atoms with Gasteiger partial charge in [-0.05, 0) is 24.1 Å². The summed E-state index contributed by atoms with van der Waals surface area (Å²) in [7, 11) is 0. The quantitative estimate of drug-likeness (QED) is 0.937. The molecule has 0 spiro atoms. The van der Waals surface area contributed by atoms with E-state index in [9.17, 15) is 0 Å². The van der Waals surface area contributed by atoms with E-state index in [4.69, 9.17) is 9.15 Å². The number of hydrogen-bond acceptors (Lipinski definition) is 5. The van der Waals surface area contributed by atoms with Crippen molar-refractivity contribution in [1.29, 1.82) is 0 Å². The molecule has 1 aromatic heterocycles. The van der Waals surface area contributed by atoms with Gasteiger partial charge in [-0.25, -0.2) is 0 Å². The number of nitrogens with one attached hydrogen (secondary N) is 1. The molecule has 0 radical (unpaired) electrons. The van der Waals surface area contributed by atoms with Crippen LogP contribution in [0.1, 0.15) is 50.6 Å². The predicted octanol–water partition coefficient (Wildman–Crippen LogP) is 3.45. The van der Waals surface area contributed by atoms with Gasteiger partial charge in [0.15, 0.2) is 0 Å². The largest absolute Gasteiger partial charge is 0.489 e. The highest BCUT2D eigenvalue weighted by molar-refractivity contribution is 5.28. The molecule has 3 rings (SSSR count). The van der Waals surface area contributed by atoms with Crippen molar-refractivity contribution >= 4 is 0 Å². The molecule has 0 amide bonds. The second-order valence-electron chi connectivity index (χ2n) is 5.10. The lowest BCUT2D eigenvalue weighted by molar-refractivity contribution is 0.217. The van der Waals surface area contributed by atoms with Crippen LogP contribution in [0.15, 0.2) is 28.7 Å². The third-order valence-corrected chi connectivity index (χ3v) is 3.54. The van der Waals surface area contributed by atoms with E-state index in [1.807, 2.05) is 26.0 Å². The van der Waals surface area contributed by atoms with Crippen molar-refractivity contribution in [3.8, 4) is 5.75 Å². The smallest absolute Gasteiger partial charge is 0.233 e. The van der Waals surface area contributed by atoms with E-state index >= 15 is 0 Å². The van der Waals surface area contributed by atoms with Crippen LogP contribution < -0.4 is 10.1 Å². The molecule has 1 aliphatic rings. The summed E-state index contributed by atoms with van der Waals surface area (Å²) in [5, 5.41) is 11.3. The molecule has 2 heterocycles. The Morgan fingerprint density at radius 2 is 2.14 bits per heavy atom. The maximum absolute atomic E-state index is 6.02. The summed E-state index contributed by atoms with van der Waals surface area (Å²) in [4.78, 5) is 0. The summed E-state index contributed by atoms with van der Waals surface area (Å²) in [6.45, 7) is 8.74. The van der Waals surface area contributed by atoms with Crippen LogP contribution in [0.3, 0.4) is 0 Å². The van der Waals surface area contributed by atoms with E-state index in [2.05, 4.69) is 34.6 Å². The highest BCUT2D eigenvalue weighted by Gasteiger charge is 2.30. The summed E-state index contributed by atoms with van der Waals surface area (Å²) < 4.78 is 11.5. The maximum atomic E-state index is 6.02. The number of rotatable bonds is 4. The molecule has 120 valence electrons. The minimum atomic E-state index is 0.0931. The molecule has 1 N–H and O–H groups in total. The van der Waals surface area contributed by atoms with Gasteiger partial charge in [0, 0.05) is 19.9 Å². The first-order chi connectivity index (χ1) is 10.7. The molecule has 2 atom stereocenters. The van der Waals surface area contributed by atoms with Gasteiger partial charge in [-0.1, -0.05) is 32.9 Å². The van der Waals surface area contributed by atoms with Crippen LogP contribution in [-0.4, -0.2) is 22.8 Å². The molecule has 1 fully saturated rings. The van der Waals surface area contributed by atoms with Gasteiger partial charge in [-0.15, -0.1) is 10.2 Å². The highest BCUT2D eigenvalue weighted by Crippen LogP contribution is 2.26. The molecule has 1 aliphatic heterocycles. The summed E-state index contributed by atoms with van der Waals surface area (Å²) >= 11 is 0. The summed E-state index contributed by atoms with van der Waals surface area (Å²) in [5.41, 5.74) is 1.29. The maximum Gasteiger partial charge on any atom is 0.233 e. The summed E-state index contributed by atoms with van der Waals surface area (Å²) in [6.07, 6.45) is 2.00. The Balaban J connectivity index is 0.000000847. The van der Waals surface area contributed by atoms with E-state index in [0.717, 1.165) is 25.1 Å². The SMILES string of the molecule is CC.CCc1cccc(OC2CNC(c3nnc(C)o3)C2)c1. The zero-order valence-corrected chi connectivity index (χ0v) is 13.8. The van der Waals surface area contributed by atoms with Crippen molar-refractivity contribution in [2.24, 2.45) is 0 Å². The molecule has 5 heteroatoms. The van der Waals surface area contributed by atoms with Crippen molar-refractivity contribution in [3.05, 3.63) is 41.6 Å². The van der Waals surface area contributed by atoms with E-state index in [0.29, 0.717) is 11.8 Å². The Morgan fingerprint density at radius 3 is 2.82 bits per heavy atom. The van der Waals surface area contributed by atoms with Crippen molar-refractivity contribution in [2.45, 2.75) is 52.7 Å². The van der Waals surface area contributed by atoms with Crippen LogP contribution in [0.5, 0.6) is 5.75 Å². The van der Waals surface area contributed by atoms with Gasteiger partial charge in [0.2, 0.25) is 11.8 Å². The normalized spacial score (nSPS) is 20.4. The predicted molar refractivity (Wildman–Crippen MR) is 86.0 cm³/mol. The van der Waals surface area contributed by atoms with Crippen molar-refractivity contribution in [1.82, 2.24) is 15.5 Å². The molecule has 0 saturated carbocycles. The third-order valence-electron chi connectivity index (χ3n) is 3.54. The van der Waals surface area contributed by atoms with Crippen molar-refractivity contribution in [2.75, 3.05) is 6.54 Å². The zero-order chi connectivity index (χ0) is 15.9. The molecule has 0 aliphatic carbocycles. The Labute approximate surface area is 132 Å². The monoisotopic (exact) mass is 303 g/mol. The number of aromatic nitrogens is 2. The van der Waals surface area contributed by atoms with Gasteiger partial charge >= 0.3 is 0 Å². The average Bonchev–Trinajstić information content (AvgIpc) is 3.18. The lowest BCUT2D eigenvalue weighted by atomic mass is 10.1. The van der Waals surface area contributed by atoms with Crippen molar-refractivity contribution in [3.63, 3.8) is 0 Å². The van der Waals surface area contributed by atoms with Gasteiger partial charge in [-0.2, -0.15) is 0 Å². The van der Waals surface area contributed by atoms with E-state index in [1.165, 1.54) is 5.56 Å². The molecule has 0 bridgehead atoms. The van der Waals surface area contributed by atoms with Gasteiger partial charge in [0.25, 0.3) is 0 Å². The first-order valence-electron chi connectivity index (χ1n) is 8.03. The first-order valence-corrected chi connectivity index (χ1v) is 8.03. The summed E-state index contributed by atoms with van der Waals surface area (Å²) in [6, 6.07) is 8.35. The lowest BCUT2D eigenvalue weighted by Crippen LogP contribution is -2.20. The number of aryl methyl sites for hydroxylation is 2. The molecule has 2 aromatic rings.